The minimum absolute atomic E-state index is 0.0223. The Balaban J connectivity index is 1.39. The Hall–Kier alpha value is -3.37. The van der Waals surface area contributed by atoms with Gasteiger partial charge in [-0.15, -0.1) is 0 Å². The van der Waals surface area contributed by atoms with E-state index in [2.05, 4.69) is 44.4 Å². The van der Waals surface area contributed by atoms with E-state index in [9.17, 15) is 8.42 Å². The molecule has 0 spiro atoms. The Bertz CT molecular complexity index is 1240. The van der Waals surface area contributed by atoms with Gasteiger partial charge in [0, 0.05) is 30.5 Å². The van der Waals surface area contributed by atoms with E-state index < -0.39 is 10.0 Å². The highest BCUT2D eigenvalue weighted by Crippen LogP contribution is 2.40. The predicted molar refractivity (Wildman–Crippen MR) is 123 cm³/mol. The lowest BCUT2D eigenvalue weighted by atomic mass is 10.2. The highest BCUT2D eigenvalue weighted by molar-refractivity contribution is 7.89. The average Bonchev–Trinajstić information content (AvgIpc) is 3.40. The topological polar surface area (TPSA) is 114 Å². The Kier molecular flexibility index (Phi) is 5.10. The first-order chi connectivity index (χ1) is 15.4. The second kappa shape index (κ2) is 7.95. The molecule has 1 aromatic heterocycles. The third kappa shape index (κ3) is 3.82. The molecule has 2 aromatic carbocycles. The van der Waals surface area contributed by atoms with Gasteiger partial charge in [0.1, 0.15) is 0 Å². The number of nitrogens with two attached hydrogens (primary N) is 1. The lowest BCUT2D eigenvalue weighted by Gasteiger charge is -2.36. The summed E-state index contributed by atoms with van der Waals surface area (Å²) in [6, 6.07) is 17.4. The third-order valence-corrected chi connectivity index (χ3v) is 6.89. The largest absolute Gasteiger partial charge is 0.491 e. The van der Waals surface area contributed by atoms with Gasteiger partial charge in [-0.1, -0.05) is 24.3 Å². The average molecular weight is 453 g/mol. The number of ether oxygens (including phenoxy) is 1. The molecule has 2 bridgehead atoms. The van der Waals surface area contributed by atoms with Crippen LogP contribution in [0.2, 0.25) is 0 Å². The molecule has 2 saturated heterocycles. The molecule has 166 valence electrons. The molecule has 2 aliphatic rings. The molecule has 0 amide bonds. The summed E-state index contributed by atoms with van der Waals surface area (Å²) in [6.07, 6.45) is 2.69. The van der Waals surface area contributed by atoms with Crippen molar-refractivity contribution in [3.05, 3.63) is 60.8 Å². The van der Waals surface area contributed by atoms with Crippen molar-refractivity contribution < 1.29 is 13.2 Å². The molecular weight excluding hydrogens is 428 g/mol. The molecule has 3 N–H and O–H groups in total. The van der Waals surface area contributed by atoms with Crippen LogP contribution in [0.1, 0.15) is 6.42 Å². The molecule has 9 nitrogen and oxygen atoms in total. The van der Waals surface area contributed by atoms with Gasteiger partial charge in [0.2, 0.25) is 16.0 Å². The van der Waals surface area contributed by atoms with Gasteiger partial charge in [-0.25, -0.2) is 18.5 Å². The minimum Gasteiger partial charge on any atom is -0.491 e. The lowest BCUT2D eigenvalue weighted by Crippen LogP contribution is -2.47. The zero-order valence-corrected chi connectivity index (χ0v) is 18.4. The van der Waals surface area contributed by atoms with Gasteiger partial charge < -0.3 is 19.9 Å². The number of nitrogens with one attached hydrogen (secondary N) is 1. The molecule has 2 aliphatic heterocycles. The number of rotatable bonds is 6. The standard InChI is InChI=1S/C22H24N6O3S/c1-31-20-12-24-22(25-15-6-5-9-19(10-15)32(23,29)30)26-21(20)28-14-17-11-18(28)13-27(17)16-7-3-2-4-8-16/h2-10,12,17-18H,11,13-14H2,1H3,(H2,23,29,30)(H,24,25,26)/t17-,18-/m0/s1. The molecule has 0 unspecified atom stereocenters. The molecule has 0 saturated carbocycles. The summed E-state index contributed by atoms with van der Waals surface area (Å²) in [5.41, 5.74) is 1.78. The molecule has 0 aliphatic carbocycles. The van der Waals surface area contributed by atoms with Gasteiger partial charge >= 0.3 is 0 Å². The maximum atomic E-state index is 11.6. The van der Waals surface area contributed by atoms with E-state index in [1.54, 1.807) is 25.4 Å². The first-order valence-corrected chi connectivity index (χ1v) is 11.9. The number of hydrogen-bond acceptors (Lipinski definition) is 8. The van der Waals surface area contributed by atoms with Gasteiger partial charge in [0.25, 0.3) is 0 Å². The summed E-state index contributed by atoms with van der Waals surface area (Å²) in [4.78, 5) is 13.8. The number of hydrogen-bond donors (Lipinski definition) is 2. The van der Waals surface area contributed by atoms with Crippen molar-refractivity contribution in [2.75, 3.05) is 35.3 Å². The Morgan fingerprint density at radius 1 is 1.06 bits per heavy atom. The number of benzene rings is 2. The SMILES string of the molecule is COc1cnc(Nc2cccc(S(N)(=O)=O)c2)nc1N1C[C@@H]2C[C@H]1CN2c1ccccc1. The molecule has 3 aromatic rings. The number of fused-ring (bicyclic) bond motifs is 2. The summed E-state index contributed by atoms with van der Waals surface area (Å²) in [5.74, 6) is 1.69. The monoisotopic (exact) mass is 452 g/mol. The van der Waals surface area contributed by atoms with Gasteiger partial charge in [0.15, 0.2) is 11.6 Å². The van der Waals surface area contributed by atoms with Crippen molar-refractivity contribution in [3.8, 4) is 5.75 Å². The van der Waals surface area contributed by atoms with Crippen molar-refractivity contribution in [2.24, 2.45) is 5.14 Å². The summed E-state index contributed by atoms with van der Waals surface area (Å²) in [6.45, 7) is 1.76. The van der Waals surface area contributed by atoms with Crippen molar-refractivity contribution in [1.29, 1.82) is 0 Å². The Morgan fingerprint density at radius 2 is 1.81 bits per heavy atom. The van der Waals surface area contributed by atoms with Crippen LogP contribution in [0.4, 0.5) is 23.1 Å². The summed E-state index contributed by atoms with van der Waals surface area (Å²) in [7, 11) is -2.19. The number of primary sulfonamides is 1. The molecule has 0 radical (unpaired) electrons. The summed E-state index contributed by atoms with van der Waals surface area (Å²) in [5, 5.41) is 8.31. The van der Waals surface area contributed by atoms with E-state index >= 15 is 0 Å². The second-order valence-electron chi connectivity index (χ2n) is 7.97. The van der Waals surface area contributed by atoms with Gasteiger partial charge in [-0.2, -0.15) is 4.98 Å². The zero-order chi connectivity index (χ0) is 22.3. The molecule has 2 atom stereocenters. The number of piperazine rings is 1. The van der Waals surface area contributed by atoms with Crippen LogP contribution in [0, 0.1) is 0 Å². The maximum Gasteiger partial charge on any atom is 0.238 e. The maximum absolute atomic E-state index is 11.6. The molecule has 2 fully saturated rings. The number of aromatic nitrogens is 2. The van der Waals surface area contributed by atoms with Crippen molar-refractivity contribution in [2.45, 2.75) is 23.4 Å². The first-order valence-electron chi connectivity index (χ1n) is 10.3. The molecule has 3 heterocycles. The fraction of sp³-hybridized carbons (Fsp3) is 0.273. The number of methoxy groups -OCH3 is 1. The quantitative estimate of drug-likeness (QED) is 0.586. The van der Waals surface area contributed by atoms with Crippen LogP contribution in [-0.4, -0.2) is 50.7 Å². The van der Waals surface area contributed by atoms with Crippen LogP contribution in [-0.2, 0) is 10.0 Å². The molecule has 5 rings (SSSR count). The number of nitrogens with zero attached hydrogens (tertiary/aromatic N) is 4. The van der Waals surface area contributed by atoms with Crippen LogP contribution in [0.3, 0.4) is 0 Å². The summed E-state index contributed by atoms with van der Waals surface area (Å²) < 4.78 is 28.8. The molecule has 32 heavy (non-hydrogen) atoms. The van der Waals surface area contributed by atoms with E-state index in [1.165, 1.54) is 17.8 Å². The highest BCUT2D eigenvalue weighted by atomic mass is 32.2. The molecular formula is C22H24N6O3S. The van der Waals surface area contributed by atoms with E-state index in [4.69, 9.17) is 14.9 Å². The Labute approximate surface area is 186 Å². The zero-order valence-electron chi connectivity index (χ0n) is 17.5. The predicted octanol–water partition coefficient (Wildman–Crippen LogP) is 2.34. The van der Waals surface area contributed by atoms with Crippen molar-refractivity contribution in [3.63, 3.8) is 0 Å². The number of para-hydroxylation sites is 1. The fourth-order valence-corrected chi connectivity index (χ4v) is 5.07. The van der Waals surface area contributed by atoms with Gasteiger partial charge in [-0.3, -0.25) is 0 Å². The van der Waals surface area contributed by atoms with Gasteiger partial charge in [-0.05, 0) is 36.8 Å². The van der Waals surface area contributed by atoms with E-state index in [0.29, 0.717) is 29.5 Å². The van der Waals surface area contributed by atoms with E-state index in [0.717, 1.165) is 25.3 Å². The third-order valence-electron chi connectivity index (χ3n) is 5.98. The minimum atomic E-state index is -3.80. The number of anilines is 4. The fourth-order valence-electron chi connectivity index (χ4n) is 4.51. The first kappa shape index (κ1) is 20.5. The van der Waals surface area contributed by atoms with E-state index in [1.807, 2.05) is 6.07 Å². The highest BCUT2D eigenvalue weighted by Gasteiger charge is 2.44. The normalized spacial score (nSPS) is 19.9. The second-order valence-corrected chi connectivity index (χ2v) is 9.53. The van der Waals surface area contributed by atoms with Crippen molar-refractivity contribution in [1.82, 2.24) is 9.97 Å². The van der Waals surface area contributed by atoms with Crippen LogP contribution < -0.4 is 25.0 Å². The summed E-state index contributed by atoms with van der Waals surface area (Å²) >= 11 is 0. The van der Waals surface area contributed by atoms with Gasteiger partial charge in [0.05, 0.1) is 24.2 Å². The van der Waals surface area contributed by atoms with Crippen LogP contribution in [0.25, 0.3) is 0 Å². The van der Waals surface area contributed by atoms with Crippen molar-refractivity contribution >= 4 is 33.2 Å². The smallest absolute Gasteiger partial charge is 0.238 e. The van der Waals surface area contributed by atoms with Crippen LogP contribution in [0.15, 0.2) is 65.7 Å². The van der Waals surface area contributed by atoms with E-state index in [-0.39, 0.29) is 4.90 Å². The molecule has 10 heteroatoms. The lowest BCUT2D eigenvalue weighted by molar-refractivity contribution is 0.409. The van der Waals surface area contributed by atoms with Crippen LogP contribution >= 0.6 is 0 Å². The van der Waals surface area contributed by atoms with Crippen LogP contribution in [0.5, 0.6) is 5.75 Å². The number of sulfonamides is 1. The Morgan fingerprint density at radius 3 is 2.50 bits per heavy atom.